The average Bonchev–Trinajstić information content (AvgIpc) is 2.55. The summed E-state index contributed by atoms with van der Waals surface area (Å²) in [6.45, 7) is 6.16. The maximum absolute atomic E-state index is 9.03. The minimum absolute atomic E-state index is 0.324. The van der Waals surface area contributed by atoms with Crippen LogP contribution in [0.3, 0.4) is 0 Å². The number of hydrogen-bond acceptors (Lipinski definition) is 2. The van der Waals surface area contributed by atoms with Gasteiger partial charge in [0.15, 0.2) is 0 Å². The molecule has 2 aromatic heterocycles. The summed E-state index contributed by atoms with van der Waals surface area (Å²) >= 11 is 0. The van der Waals surface area contributed by atoms with Crippen LogP contribution in [0.2, 0.25) is 0 Å². The minimum Gasteiger partial charge on any atom is -0.329 e. The van der Waals surface area contributed by atoms with E-state index < -0.39 is 0 Å². The first kappa shape index (κ1) is 9.72. The van der Waals surface area contributed by atoms with Crippen LogP contribution in [0.15, 0.2) is 18.5 Å². The van der Waals surface area contributed by atoms with Gasteiger partial charge in [-0.15, -0.1) is 0 Å². The lowest BCUT2D eigenvalue weighted by Crippen LogP contribution is -1.99. The van der Waals surface area contributed by atoms with Crippen LogP contribution in [-0.2, 0) is 0 Å². The Balaban J connectivity index is 2.82. The molecular formula is C12H13N3. The second-order valence-corrected chi connectivity index (χ2v) is 4.04. The van der Waals surface area contributed by atoms with Gasteiger partial charge in [-0.05, 0) is 32.4 Å². The quantitative estimate of drug-likeness (QED) is 0.708. The van der Waals surface area contributed by atoms with E-state index in [1.807, 2.05) is 30.0 Å². The van der Waals surface area contributed by atoms with Crippen LogP contribution in [0, 0.1) is 18.3 Å². The van der Waals surface area contributed by atoms with Crippen molar-refractivity contribution in [2.75, 3.05) is 0 Å². The first-order chi connectivity index (χ1) is 7.13. The lowest BCUT2D eigenvalue weighted by Gasteiger charge is -2.07. The number of nitriles is 1. The van der Waals surface area contributed by atoms with Crippen LogP contribution in [-0.4, -0.2) is 9.55 Å². The number of fused-ring (bicyclic) bond motifs is 1. The molecule has 0 aliphatic rings. The van der Waals surface area contributed by atoms with Crippen molar-refractivity contribution in [2.24, 2.45) is 0 Å². The number of aryl methyl sites for hydroxylation is 1. The molecule has 2 heterocycles. The Kier molecular flexibility index (Phi) is 2.20. The van der Waals surface area contributed by atoms with E-state index in [2.05, 4.69) is 24.9 Å². The molecule has 0 saturated heterocycles. The van der Waals surface area contributed by atoms with Gasteiger partial charge in [0.2, 0.25) is 0 Å². The topological polar surface area (TPSA) is 41.6 Å². The Morgan fingerprint density at radius 1 is 1.47 bits per heavy atom. The molecule has 0 unspecified atom stereocenters. The van der Waals surface area contributed by atoms with E-state index in [1.165, 1.54) is 0 Å². The Bertz CT molecular complexity index is 544. The van der Waals surface area contributed by atoms with Gasteiger partial charge in [0.1, 0.15) is 11.7 Å². The highest BCUT2D eigenvalue weighted by atomic mass is 15.0. The molecule has 2 rings (SSSR count). The van der Waals surface area contributed by atoms with Gasteiger partial charge < -0.3 is 4.57 Å². The molecule has 0 radical (unpaired) electrons. The molecule has 3 heteroatoms. The van der Waals surface area contributed by atoms with Crippen LogP contribution in [0.1, 0.15) is 31.0 Å². The molecule has 2 aromatic rings. The second kappa shape index (κ2) is 3.39. The van der Waals surface area contributed by atoms with E-state index >= 15 is 0 Å². The summed E-state index contributed by atoms with van der Waals surface area (Å²) in [7, 11) is 0. The van der Waals surface area contributed by atoms with Gasteiger partial charge in [-0.25, -0.2) is 4.98 Å². The van der Waals surface area contributed by atoms with Gasteiger partial charge in [-0.2, -0.15) is 5.26 Å². The van der Waals surface area contributed by atoms with Crippen molar-refractivity contribution in [2.45, 2.75) is 26.8 Å². The lowest BCUT2D eigenvalue weighted by atomic mass is 10.2. The normalized spacial score (nSPS) is 10.9. The van der Waals surface area contributed by atoms with E-state index in [0.29, 0.717) is 11.6 Å². The molecule has 0 fully saturated rings. The predicted octanol–water partition coefficient (Wildman–Crippen LogP) is 2.80. The lowest BCUT2D eigenvalue weighted by molar-refractivity contribution is 0.617. The van der Waals surface area contributed by atoms with E-state index in [-0.39, 0.29) is 0 Å². The minimum atomic E-state index is 0.324. The smallest absolute Gasteiger partial charge is 0.141 e. The number of hydrogen-bond donors (Lipinski definition) is 0. The van der Waals surface area contributed by atoms with E-state index in [0.717, 1.165) is 16.6 Å². The van der Waals surface area contributed by atoms with Crippen molar-refractivity contribution < 1.29 is 0 Å². The second-order valence-electron chi connectivity index (χ2n) is 4.04. The summed E-state index contributed by atoms with van der Waals surface area (Å²) < 4.78 is 2.04. The number of nitrogens with zero attached hydrogens (tertiary/aromatic N) is 3. The summed E-state index contributed by atoms with van der Waals surface area (Å²) in [5.41, 5.74) is 2.68. The Morgan fingerprint density at radius 2 is 2.20 bits per heavy atom. The maximum atomic E-state index is 9.03. The molecule has 0 bridgehead atoms. The highest BCUT2D eigenvalue weighted by Gasteiger charge is 2.11. The molecule has 0 N–H and O–H groups in total. The largest absolute Gasteiger partial charge is 0.329 e. The van der Waals surface area contributed by atoms with Crippen LogP contribution in [0.5, 0.6) is 0 Å². The molecule has 15 heavy (non-hydrogen) atoms. The van der Waals surface area contributed by atoms with Crippen LogP contribution < -0.4 is 0 Å². The Hall–Kier alpha value is -1.82. The fourth-order valence-corrected chi connectivity index (χ4v) is 1.72. The van der Waals surface area contributed by atoms with E-state index in [4.69, 9.17) is 5.26 Å². The summed E-state index contributed by atoms with van der Waals surface area (Å²) in [5.74, 6) is 0. The van der Waals surface area contributed by atoms with Crippen LogP contribution >= 0.6 is 0 Å². The van der Waals surface area contributed by atoms with Crippen molar-refractivity contribution in [3.8, 4) is 6.07 Å². The highest BCUT2D eigenvalue weighted by Crippen LogP contribution is 2.23. The van der Waals surface area contributed by atoms with E-state index in [1.54, 1.807) is 0 Å². The summed E-state index contributed by atoms with van der Waals surface area (Å²) in [6, 6.07) is 4.55. The van der Waals surface area contributed by atoms with Gasteiger partial charge in [0, 0.05) is 23.8 Å². The van der Waals surface area contributed by atoms with Gasteiger partial charge in [-0.1, -0.05) is 0 Å². The zero-order valence-corrected chi connectivity index (χ0v) is 9.15. The van der Waals surface area contributed by atoms with Gasteiger partial charge in [-0.3, -0.25) is 0 Å². The van der Waals surface area contributed by atoms with Crippen LogP contribution in [0.4, 0.5) is 0 Å². The molecule has 0 saturated carbocycles. The zero-order chi connectivity index (χ0) is 11.0. The predicted molar refractivity (Wildman–Crippen MR) is 59.6 cm³/mol. The van der Waals surface area contributed by atoms with Crippen molar-refractivity contribution in [1.29, 1.82) is 5.26 Å². The standard InChI is InChI=1S/C12H13N3/c1-8(2)15-7-10(5-13)11-4-9(3)6-14-12(11)15/h4,6-8H,1-3H3. The Morgan fingerprint density at radius 3 is 2.80 bits per heavy atom. The summed E-state index contributed by atoms with van der Waals surface area (Å²) in [4.78, 5) is 4.38. The monoisotopic (exact) mass is 199 g/mol. The first-order valence-electron chi connectivity index (χ1n) is 5.00. The third-order valence-electron chi connectivity index (χ3n) is 2.48. The molecular weight excluding hydrogens is 186 g/mol. The van der Waals surface area contributed by atoms with Crippen molar-refractivity contribution >= 4 is 11.0 Å². The zero-order valence-electron chi connectivity index (χ0n) is 9.15. The first-order valence-corrected chi connectivity index (χ1v) is 5.00. The maximum Gasteiger partial charge on any atom is 0.141 e. The van der Waals surface area contributed by atoms with Gasteiger partial charge in [0.05, 0.1) is 5.56 Å². The third kappa shape index (κ3) is 1.48. The molecule has 0 aliphatic heterocycles. The molecule has 0 atom stereocenters. The molecule has 3 nitrogen and oxygen atoms in total. The fraction of sp³-hybridized carbons (Fsp3) is 0.333. The fourth-order valence-electron chi connectivity index (χ4n) is 1.72. The Labute approximate surface area is 89.0 Å². The number of pyridine rings is 1. The number of aromatic nitrogens is 2. The molecule has 0 spiro atoms. The molecule has 76 valence electrons. The molecule has 0 aromatic carbocycles. The summed E-state index contributed by atoms with van der Waals surface area (Å²) in [6.07, 6.45) is 3.71. The average molecular weight is 199 g/mol. The van der Waals surface area contributed by atoms with Crippen LogP contribution in [0.25, 0.3) is 11.0 Å². The molecule has 0 amide bonds. The highest BCUT2D eigenvalue weighted by molar-refractivity contribution is 5.83. The molecule has 0 aliphatic carbocycles. The SMILES string of the molecule is Cc1cnc2c(c1)c(C#N)cn2C(C)C. The van der Waals surface area contributed by atoms with E-state index in [9.17, 15) is 0 Å². The van der Waals surface area contributed by atoms with Crippen molar-refractivity contribution in [3.63, 3.8) is 0 Å². The third-order valence-corrected chi connectivity index (χ3v) is 2.48. The number of rotatable bonds is 1. The van der Waals surface area contributed by atoms with Gasteiger partial charge in [0.25, 0.3) is 0 Å². The summed E-state index contributed by atoms with van der Waals surface area (Å²) in [5, 5.41) is 9.98. The van der Waals surface area contributed by atoms with Crippen molar-refractivity contribution in [3.05, 3.63) is 29.6 Å². The van der Waals surface area contributed by atoms with Crippen molar-refractivity contribution in [1.82, 2.24) is 9.55 Å². The van der Waals surface area contributed by atoms with Gasteiger partial charge >= 0.3 is 0 Å².